The summed E-state index contributed by atoms with van der Waals surface area (Å²) in [6, 6.07) is 8.92. The first-order chi connectivity index (χ1) is 11.8. The number of rotatable bonds is 6. The van der Waals surface area contributed by atoms with Crippen molar-refractivity contribution >= 4 is 11.6 Å². The molecule has 25 heavy (non-hydrogen) atoms. The fourth-order valence-electron chi connectivity index (χ4n) is 2.14. The number of amides is 1. The number of ether oxygens (including phenoxy) is 2. The van der Waals surface area contributed by atoms with E-state index in [4.69, 9.17) is 9.47 Å². The maximum absolute atomic E-state index is 12.6. The molecule has 0 radical (unpaired) electrons. The van der Waals surface area contributed by atoms with Gasteiger partial charge in [0.15, 0.2) is 11.5 Å². The van der Waals surface area contributed by atoms with Crippen LogP contribution in [-0.2, 0) is 6.18 Å². The van der Waals surface area contributed by atoms with Crippen LogP contribution in [0.4, 0.5) is 18.9 Å². The number of carbonyl (C=O) groups excluding carboxylic acids is 1. The van der Waals surface area contributed by atoms with Crippen LogP contribution < -0.4 is 14.8 Å². The zero-order valence-electron chi connectivity index (χ0n) is 13.8. The van der Waals surface area contributed by atoms with E-state index in [1.807, 2.05) is 13.8 Å². The van der Waals surface area contributed by atoms with Crippen molar-refractivity contribution in [3.8, 4) is 11.5 Å². The molecule has 0 aromatic heterocycles. The largest absolute Gasteiger partial charge is 0.490 e. The number of halogens is 3. The minimum atomic E-state index is -4.43. The average molecular weight is 353 g/mol. The normalized spacial score (nSPS) is 11.1. The van der Waals surface area contributed by atoms with Crippen LogP contribution in [-0.4, -0.2) is 19.1 Å². The van der Waals surface area contributed by atoms with Gasteiger partial charge in [-0.25, -0.2) is 0 Å². The fourth-order valence-corrected chi connectivity index (χ4v) is 2.14. The number of benzene rings is 2. The molecule has 7 heteroatoms. The minimum absolute atomic E-state index is 0.125. The molecule has 0 saturated carbocycles. The summed E-state index contributed by atoms with van der Waals surface area (Å²) in [5.41, 5.74) is -0.222. The van der Waals surface area contributed by atoms with Crippen LogP contribution in [0.2, 0.25) is 0 Å². The first-order valence-corrected chi connectivity index (χ1v) is 7.73. The molecule has 0 aliphatic rings. The van der Waals surface area contributed by atoms with Gasteiger partial charge in [-0.1, -0.05) is 0 Å². The number of anilines is 1. The summed E-state index contributed by atoms with van der Waals surface area (Å²) in [6.45, 7) is 4.56. The predicted molar refractivity (Wildman–Crippen MR) is 88.2 cm³/mol. The van der Waals surface area contributed by atoms with Gasteiger partial charge in [-0.3, -0.25) is 4.79 Å². The number of hydrogen-bond acceptors (Lipinski definition) is 3. The van der Waals surface area contributed by atoms with Gasteiger partial charge in [0.25, 0.3) is 5.91 Å². The molecule has 0 aliphatic carbocycles. The molecule has 0 saturated heterocycles. The van der Waals surface area contributed by atoms with Gasteiger partial charge in [0.1, 0.15) is 0 Å². The van der Waals surface area contributed by atoms with Gasteiger partial charge in [0, 0.05) is 17.3 Å². The Hall–Kier alpha value is -2.70. The highest BCUT2D eigenvalue weighted by molar-refractivity contribution is 6.04. The molecule has 1 N–H and O–H groups in total. The number of alkyl halides is 3. The molecule has 0 fully saturated rings. The van der Waals surface area contributed by atoms with E-state index in [1.54, 1.807) is 18.2 Å². The maximum Gasteiger partial charge on any atom is 0.416 e. The third kappa shape index (κ3) is 4.89. The third-order valence-corrected chi connectivity index (χ3v) is 3.28. The summed E-state index contributed by atoms with van der Waals surface area (Å²) in [4.78, 5) is 12.2. The van der Waals surface area contributed by atoms with Crippen molar-refractivity contribution in [1.82, 2.24) is 0 Å². The van der Waals surface area contributed by atoms with Crippen molar-refractivity contribution in [2.75, 3.05) is 18.5 Å². The van der Waals surface area contributed by atoms with Gasteiger partial charge in [-0.2, -0.15) is 13.2 Å². The second-order valence-electron chi connectivity index (χ2n) is 5.06. The Morgan fingerprint density at radius 2 is 1.56 bits per heavy atom. The molecule has 0 spiro atoms. The molecule has 4 nitrogen and oxygen atoms in total. The lowest BCUT2D eigenvalue weighted by Crippen LogP contribution is -2.13. The van der Waals surface area contributed by atoms with Gasteiger partial charge in [0.05, 0.1) is 18.8 Å². The molecular formula is C18H18F3NO3. The van der Waals surface area contributed by atoms with E-state index in [-0.39, 0.29) is 5.56 Å². The molecule has 2 aromatic carbocycles. The molecule has 0 bridgehead atoms. The highest BCUT2D eigenvalue weighted by Crippen LogP contribution is 2.31. The number of nitrogens with one attached hydrogen (secondary N) is 1. The molecular weight excluding hydrogens is 335 g/mol. The Balaban J connectivity index is 2.15. The summed E-state index contributed by atoms with van der Waals surface area (Å²) >= 11 is 0. The highest BCUT2D eigenvalue weighted by atomic mass is 19.4. The maximum atomic E-state index is 12.6. The van der Waals surface area contributed by atoms with E-state index in [9.17, 15) is 18.0 Å². The van der Waals surface area contributed by atoms with Crippen LogP contribution in [0.3, 0.4) is 0 Å². The van der Waals surface area contributed by atoms with Crippen molar-refractivity contribution in [1.29, 1.82) is 0 Å². The number of hydrogen-bond donors (Lipinski definition) is 1. The molecule has 0 aliphatic heterocycles. The third-order valence-electron chi connectivity index (χ3n) is 3.28. The van der Waals surface area contributed by atoms with Gasteiger partial charge in [-0.15, -0.1) is 0 Å². The van der Waals surface area contributed by atoms with E-state index < -0.39 is 17.6 Å². The summed E-state index contributed by atoms with van der Waals surface area (Å²) in [5.74, 6) is 0.520. The fraction of sp³-hybridized carbons (Fsp3) is 0.278. The van der Waals surface area contributed by atoms with Crippen molar-refractivity contribution in [3.05, 3.63) is 53.6 Å². The quantitative estimate of drug-likeness (QED) is 0.815. The Morgan fingerprint density at radius 3 is 2.12 bits per heavy atom. The van der Waals surface area contributed by atoms with E-state index >= 15 is 0 Å². The van der Waals surface area contributed by atoms with Gasteiger partial charge in [-0.05, 0) is 50.2 Å². The Labute approximate surface area is 143 Å². The van der Waals surface area contributed by atoms with Gasteiger partial charge in [0.2, 0.25) is 0 Å². The zero-order chi connectivity index (χ0) is 18.4. The van der Waals surface area contributed by atoms with Crippen molar-refractivity contribution in [2.45, 2.75) is 20.0 Å². The lowest BCUT2D eigenvalue weighted by Gasteiger charge is -2.13. The van der Waals surface area contributed by atoms with E-state index in [0.717, 1.165) is 24.3 Å². The lowest BCUT2D eigenvalue weighted by molar-refractivity contribution is -0.137. The standard InChI is InChI=1S/C18H18F3NO3/c1-3-24-15-10-9-14(11-16(15)25-4-2)22-17(23)12-5-7-13(8-6-12)18(19,20)21/h5-11H,3-4H2,1-2H3,(H,22,23). The van der Waals surface area contributed by atoms with Crippen molar-refractivity contribution in [2.24, 2.45) is 0 Å². The molecule has 134 valence electrons. The second-order valence-corrected chi connectivity index (χ2v) is 5.06. The minimum Gasteiger partial charge on any atom is -0.490 e. The molecule has 0 heterocycles. The first kappa shape index (κ1) is 18.6. The second kappa shape index (κ2) is 7.92. The monoisotopic (exact) mass is 353 g/mol. The summed E-state index contributed by atoms with van der Waals surface area (Å²) < 4.78 is 48.6. The van der Waals surface area contributed by atoms with Crippen molar-refractivity contribution < 1.29 is 27.4 Å². The Kier molecular flexibility index (Phi) is 5.90. The first-order valence-electron chi connectivity index (χ1n) is 7.73. The molecule has 2 aromatic rings. The average Bonchev–Trinajstić information content (AvgIpc) is 2.57. The smallest absolute Gasteiger partial charge is 0.416 e. The molecule has 0 atom stereocenters. The SMILES string of the molecule is CCOc1ccc(NC(=O)c2ccc(C(F)(F)F)cc2)cc1OCC. The van der Waals surface area contributed by atoms with Gasteiger partial charge < -0.3 is 14.8 Å². The Bertz CT molecular complexity index is 727. The molecule has 2 rings (SSSR count). The summed E-state index contributed by atoms with van der Waals surface area (Å²) in [7, 11) is 0. The van der Waals surface area contributed by atoms with Crippen LogP contribution in [0.15, 0.2) is 42.5 Å². The lowest BCUT2D eigenvalue weighted by atomic mass is 10.1. The predicted octanol–water partition coefficient (Wildman–Crippen LogP) is 4.76. The van der Waals surface area contributed by atoms with Crippen LogP contribution >= 0.6 is 0 Å². The topological polar surface area (TPSA) is 47.6 Å². The van der Waals surface area contributed by atoms with Gasteiger partial charge >= 0.3 is 6.18 Å². The van der Waals surface area contributed by atoms with Crippen molar-refractivity contribution in [3.63, 3.8) is 0 Å². The van der Waals surface area contributed by atoms with E-state index in [0.29, 0.717) is 30.4 Å². The molecule has 0 unspecified atom stereocenters. The highest BCUT2D eigenvalue weighted by Gasteiger charge is 2.30. The molecule has 1 amide bonds. The summed E-state index contributed by atoms with van der Waals surface area (Å²) in [6.07, 6.45) is -4.43. The van der Waals surface area contributed by atoms with Crippen LogP contribution in [0, 0.1) is 0 Å². The van der Waals surface area contributed by atoms with Crippen LogP contribution in [0.25, 0.3) is 0 Å². The van der Waals surface area contributed by atoms with E-state index in [1.165, 1.54) is 0 Å². The Morgan fingerprint density at radius 1 is 0.960 bits per heavy atom. The van der Waals surface area contributed by atoms with Crippen LogP contribution in [0.1, 0.15) is 29.8 Å². The van der Waals surface area contributed by atoms with Crippen LogP contribution in [0.5, 0.6) is 11.5 Å². The number of carbonyl (C=O) groups is 1. The van der Waals surface area contributed by atoms with E-state index in [2.05, 4.69) is 5.32 Å². The zero-order valence-corrected chi connectivity index (χ0v) is 13.8. The summed E-state index contributed by atoms with van der Waals surface area (Å²) in [5, 5.41) is 2.63.